The lowest BCUT2D eigenvalue weighted by Gasteiger charge is -2.37. The molecule has 0 radical (unpaired) electrons. The van der Waals surface area contributed by atoms with Crippen LogP contribution in [0.3, 0.4) is 0 Å². The molecule has 0 saturated carbocycles. The highest BCUT2D eigenvalue weighted by Crippen LogP contribution is 2.48. The molecule has 13 nitrogen and oxygen atoms in total. The Morgan fingerprint density at radius 1 is 0.781 bits per heavy atom. The summed E-state index contributed by atoms with van der Waals surface area (Å²) >= 11 is 0. The van der Waals surface area contributed by atoms with E-state index in [1.807, 2.05) is 26.7 Å². The number of aromatic nitrogens is 3. The Hall–Kier alpha value is -5.29. The Labute approximate surface area is 370 Å². The number of nitrogens with zero attached hydrogens (tertiary/aromatic N) is 7. The molecule has 3 fully saturated rings. The van der Waals surface area contributed by atoms with Crippen LogP contribution >= 0.6 is 0 Å². The summed E-state index contributed by atoms with van der Waals surface area (Å²) in [5, 5.41) is 36.3. The fraction of sp³-hybridized carbons (Fsp3) is 0.500. The lowest BCUT2D eigenvalue weighted by atomic mass is 9.86. The Morgan fingerprint density at radius 3 is 2.12 bits per heavy atom. The third-order valence-corrected chi connectivity index (χ3v) is 14.7. The number of fused-ring (bicyclic) bond motifs is 6. The molecule has 4 atom stereocenters. The standard InChI is InChI=1S/C48H55F3N8O5/c49-48(50,51)34-7-5-30(6-8-34)23-46(62)55-17-13-33(14-18-55)45(61)27-41-39-25-35(9-10-38(39)42-28-52-53-58(41)42)57-29-43-37-4-2-1-3-36(37)40(59(43)54-57)26-44(60)32-11-19-56(20-12-32)47(63)24-31-15-21-64-22-16-31/h1-10,25,28-29,31-33,40-41,44-45,54,60-61H,11-24,26-27H2. The van der Waals surface area contributed by atoms with E-state index in [-0.39, 0.29) is 42.2 Å². The number of nitrogens with one attached hydrogen (secondary N) is 1. The topological polar surface area (TPSA) is 140 Å². The van der Waals surface area contributed by atoms with E-state index in [4.69, 9.17) is 4.74 Å². The smallest absolute Gasteiger partial charge is 0.393 e. The van der Waals surface area contributed by atoms with E-state index >= 15 is 0 Å². The van der Waals surface area contributed by atoms with Gasteiger partial charge >= 0.3 is 6.18 Å². The van der Waals surface area contributed by atoms with Crippen molar-refractivity contribution in [2.45, 2.75) is 94.7 Å². The molecule has 10 rings (SSSR count). The maximum Gasteiger partial charge on any atom is 0.416 e. The quantitative estimate of drug-likeness (QED) is 0.153. The number of amides is 2. The summed E-state index contributed by atoms with van der Waals surface area (Å²) in [7, 11) is 0. The van der Waals surface area contributed by atoms with Crippen LogP contribution in [0.4, 0.5) is 18.9 Å². The van der Waals surface area contributed by atoms with E-state index in [0.717, 1.165) is 84.8 Å². The molecule has 0 spiro atoms. The van der Waals surface area contributed by atoms with Crippen molar-refractivity contribution >= 4 is 23.2 Å². The number of aliphatic hydroxyl groups is 2. The normalized spacial score (nSPS) is 22.5. The Balaban J connectivity index is 0.776. The number of rotatable bonds is 11. The molecule has 1 aromatic heterocycles. The molecular weight excluding hydrogens is 826 g/mol. The van der Waals surface area contributed by atoms with Crippen molar-refractivity contribution in [2.24, 2.45) is 17.8 Å². The fourth-order valence-corrected chi connectivity index (χ4v) is 10.9. The van der Waals surface area contributed by atoms with E-state index in [1.54, 1.807) is 11.1 Å². The molecule has 7 heterocycles. The van der Waals surface area contributed by atoms with Crippen molar-refractivity contribution in [3.63, 3.8) is 0 Å². The zero-order valence-corrected chi connectivity index (χ0v) is 35.7. The molecule has 6 aliphatic rings. The zero-order chi connectivity index (χ0) is 44.1. The summed E-state index contributed by atoms with van der Waals surface area (Å²) in [6.45, 7) is 3.75. The number of aliphatic hydroxyl groups excluding tert-OH is 2. The summed E-state index contributed by atoms with van der Waals surface area (Å²) < 4.78 is 46.4. The van der Waals surface area contributed by atoms with Gasteiger partial charge in [0.25, 0.3) is 0 Å². The Bertz CT molecular complexity index is 2370. The van der Waals surface area contributed by atoms with Crippen LogP contribution in [0.15, 0.2) is 79.1 Å². The third kappa shape index (κ3) is 8.40. The number of halogens is 3. The van der Waals surface area contributed by atoms with Crippen LogP contribution in [0.25, 0.3) is 17.0 Å². The number of hydrogen-bond donors (Lipinski definition) is 3. The van der Waals surface area contributed by atoms with Gasteiger partial charge in [0.15, 0.2) is 0 Å². The minimum atomic E-state index is -4.43. The summed E-state index contributed by atoms with van der Waals surface area (Å²) in [5.41, 5.74) is 10.6. The fourth-order valence-electron chi connectivity index (χ4n) is 10.9. The number of hydrogen-bond acceptors (Lipinski definition) is 10. The van der Waals surface area contributed by atoms with E-state index in [0.29, 0.717) is 69.8 Å². The summed E-state index contributed by atoms with van der Waals surface area (Å²) in [5.74, 6) is 0.544. The first-order valence-electron chi connectivity index (χ1n) is 22.8. The van der Waals surface area contributed by atoms with E-state index in [2.05, 4.69) is 57.4 Å². The zero-order valence-electron chi connectivity index (χ0n) is 35.7. The number of ether oxygens (including phenoxy) is 1. The monoisotopic (exact) mass is 880 g/mol. The minimum Gasteiger partial charge on any atom is -0.393 e. The first-order chi connectivity index (χ1) is 31.0. The molecule has 64 heavy (non-hydrogen) atoms. The van der Waals surface area contributed by atoms with Gasteiger partial charge in [-0.15, -0.1) is 10.6 Å². The van der Waals surface area contributed by atoms with Gasteiger partial charge in [0.05, 0.1) is 59.6 Å². The average Bonchev–Trinajstić information content (AvgIpc) is 4.09. The number of carbonyl (C=O) groups excluding carboxylic acids is 2. The first kappa shape index (κ1) is 42.6. The molecule has 4 aromatic rings. The minimum absolute atomic E-state index is 0.0260. The van der Waals surface area contributed by atoms with Crippen molar-refractivity contribution < 1.29 is 37.7 Å². The number of piperidine rings is 2. The van der Waals surface area contributed by atoms with Crippen LogP contribution in [0.2, 0.25) is 0 Å². The van der Waals surface area contributed by atoms with Gasteiger partial charge in [-0.2, -0.15) is 13.2 Å². The Morgan fingerprint density at radius 2 is 1.44 bits per heavy atom. The van der Waals surface area contributed by atoms with E-state index < -0.39 is 23.9 Å². The predicted molar refractivity (Wildman–Crippen MR) is 231 cm³/mol. The van der Waals surface area contributed by atoms with Crippen molar-refractivity contribution in [3.8, 4) is 11.3 Å². The molecular formula is C48H55F3N8O5. The molecule has 3 aromatic carbocycles. The highest BCUT2D eigenvalue weighted by molar-refractivity contribution is 5.80. The molecule has 3 saturated heterocycles. The van der Waals surface area contributed by atoms with Gasteiger partial charge in [0.2, 0.25) is 11.8 Å². The summed E-state index contributed by atoms with van der Waals surface area (Å²) in [6.07, 6.45) is 4.44. The van der Waals surface area contributed by atoms with Crippen LogP contribution in [0.1, 0.15) is 97.7 Å². The SMILES string of the molecule is O=C(Cc1ccc(C(F)(F)F)cc1)N1CCC(C(O)CC2c3cc(N4C=C5c6ccccc6C(CC(O)C6CCN(C(=O)CC7CCOCC7)CC6)N5N4)ccc3-c3cnnn32)CC1. The Kier molecular flexibility index (Phi) is 11.7. The molecule has 0 aliphatic carbocycles. The van der Waals surface area contributed by atoms with Crippen molar-refractivity contribution in [3.05, 3.63) is 107 Å². The van der Waals surface area contributed by atoms with Gasteiger partial charge in [-0.25, -0.2) is 4.68 Å². The number of carbonyl (C=O) groups is 2. The predicted octanol–water partition coefficient (Wildman–Crippen LogP) is 6.50. The second-order valence-electron chi connectivity index (χ2n) is 18.5. The molecule has 4 unspecified atom stereocenters. The van der Waals surface area contributed by atoms with Gasteiger partial charge in [-0.3, -0.25) is 19.6 Å². The van der Waals surface area contributed by atoms with Gasteiger partial charge < -0.3 is 24.7 Å². The molecule has 338 valence electrons. The largest absolute Gasteiger partial charge is 0.416 e. The molecule has 16 heteroatoms. The van der Waals surface area contributed by atoms with Crippen LogP contribution in [-0.4, -0.2) is 103 Å². The van der Waals surface area contributed by atoms with Crippen LogP contribution < -0.4 is 10.5 Å². The van der Waals surface area contributed by atoms with Crippen molar-refractivity contribution in [2.75, 3.05) is 44.4 Å². The number of benzene rings is 3. The van der Waals surface area contributed by atoms with Crippen LogP contribution in [-0.2, 0) is 26.9 Å². The van der Waals surface area contributed by atoms with E-state index in [1.165, 1.54) is 17.7 Å². The van der Waals surface area contributed by atoms with Crippen molar-refractivity contribution in [1.29, 1.82) is 0 Å². The third-order valence-electron chi connectivity index (χ3n) is 14.7. The van der Waals surface area contributed by atoms with Crippen LogP contribution in [0, 0.1) is 17.8 Å². The van der Waals surface area contributed by atoms with Gasteiger partial charge in [0.1, 0.15) is 0 Å². The van der Waals surface area contributed by atoms with Gasteiger partial charge in [-0.05, 0) is 104 Å². The van der Waals surface area contributed by atoms with E-state index in [9.17, 15) is 33.0 Å². The highest BCUT2D eigenvalue weighted by Gasteiger charge is 2.42. The number of hydrazine groups is 2. The molecule has 0 bridgehead atoms. The summed E-state index contributed by atoms with van der Waals surface area (Å²) in [6, 6.07) is 19.0. The second-order valence-corrected chi connectivity index (χ2v) is 18.5. The average molecular weight is 881 g/mol. The van der Waals surface area contributed by atoms with Crippen LogP contribution in [0.5, 0.6) is 0 Å². The first-order valence-corrected chi connectivity index (χ1v) is 22.8. The highest BCUT2D eigenvalue weighted by atomic mass is 19.4. The lowest BCUT2D eigenvalue weighted by Crippen LogP contribution is -2.44. The number of likely N-dealkylation sites (tertiary alicyclic amines) is 2. The molecule has 3 N–H and O–H groups in total. The molecule has 6 aliphatic heterocycles. The van der Waals surface area contributed by atoms with Gasteiger partial charge in [0, 0.05) is 69.6 Å². The lowest BCUT2D eigenvalue weighted by molar-refractivity contribution is -0.137. The second kappa shape index (κ2) is 17.6. The molecule has 2 amide bonds. The van der Waals surface area contributed by atoms with Crippen molar-refractivity contribution in [1.82, 2.24) is 35.3 Å². The van der Waals surface area contributed by atoms with Gasteiger partial charge in [-0.1, -0.05) is 47.7 Å². The summed E-state index contributed by atoms with van der Waals surface area (Å²) in [4.78, 5) is 29.9. The maximum absolute atomic E-state index is 13.1. The number of alkyl halides is 3. The maximum atomic E-state index is 13.1. The number of anilines is 1.